The molecule has 0 fully saturated rings. The minimum Gasteiger partial charge on any atom is -0.508 e. The molecule has 0 bridgehead atoms. The van der Waals surface area contributed by atoms with Crippen LogP contribution >= 0.6 is 15.9 Å². The number of sulfonamides is 1. The van der Waals surface area contributed by atoms with Crippen LogP contribution in [-0.4, -0.2) is 30.3 Å². The first-order valence-electron chi connectivity index (χ1n) is 7.16. The maximum absolute atomic E-state index is 12.3. The Labute approximate surface area is 158 Å². The molecule has 2 aromatic rings. The lowest BCUT2D eigenvalue weighted by Crippen LogP contribution is -2.20. The molecule has 2 rings (SSSR count). The average molecular weight is 443 g/mol. The Balaban J connectivity index is 2.24. The first kappa shape index (κ1) is 19.7. The summed E-state index contributed by atoms with van der Waals surface area (Å²) in [5, 5.41) is 23.3. The number of ether oxygens (including phenoxy) is 1. The number of phenolic OH excluding ortho intramolecular Hbond substituents is 2. The van der Waals surface area contributed by atoms with Gasteiger partial charge in [0.05, 0.1) is 15.1 Å². The van der Waals surface area contributed by atoms with Crippen molar-refractivity contribution in [2.24, 2.45) is 5.10 Å². The van der Waals surface area contributed by atoms with Crippen LogP contribution in [0.5, 0.6) is 17.2 Å². The molecule has 26 heavy (non-hydrogen) atoms. The van der Waals surface area contributed by atoms with E-state index in [-0.39, 0.29) is 37.9 Å². The fraction of sp³-hybridized carbons (Fsp3) is 0.125. The maximum Gasteiger partial charge on any atom is 0.308 e. The molecule has 8 nitrogen and oxygen atoms in total. The Hall–Kier alpha value is -2.59. The number of aromatic hydroxyl groups is 2. The molecule has 0 atom stereocenters. The number of hydrazone groups is 1. The highest BCUT2D eigenvalue weighted by Crippen LogP contribution is 2.32. The quantitative estimate of drug-likeness (QED) is 0.214. The second kappa shape index (κ2) is 7.75. The minimum atomic E-state index is -3.98. The molecule has 3 N–H and O–H groups in total. The number of hydrogen-bond donors (Lipinski definition) is 3. The summed E-state index contributed by atoms with van der Waals surface area (Å²) in [5.41, 5.74) is 0.295. The summed E-state index contributed by atoms with van der Waals surface area (Å²) in [6.07, 6.45) is 0. The molecule has 138 valence electrons. The van der Waals surface area contributed by atoms with E-state index in [1.165, 1.54) is 50.2 Å². The van der Waals surface area contributed by atoms with Crippen molar-refractivity contribution >= 4 is 37.6 Å². The van der Waals surface area contributed by atoms with Crippen molar-refractivity contribution < 1.29 is 28.2 Å². The highest BCUT2D eigenvalue weighted by molar-refractivity contribution is 9.10. The zero-order valence-electron chi connectivity index (χ0n) is 13.7. The van der Waals surface area contributed by atoms with Gasteiger partial charge in [-0.05, 0) is 59.3 Å². The Bertz CT molecular complexity index is 971. The standard InChI is InChI=1S/C16H15BrN2O6S/c1-9(14-7-11(21)8-15(17)16(14)22)18-19-26(23,24)13-5-3-12(4-6-13)25-10(2)20/h3-8,19,21-22H,1-2H3/b18-9+. The summed E-state index contributed by atoms with van der Waals surface area (Å²) in [4.78, 5) is 12.8. The van der Waals surface area contributed by atoms with Gasteiger partial charge in [0.1, 0.15) is 17.2 Å². The zero-order valence-corrected chi connectivity index (χ0v) is 16.1. The first-order valence-corrected chi connectivity index (χ1v) is 9.44. The first-order chi connectivity index (χ1) is 12.1. The number of nitrogens with zero attached hydrogens (tertiary/aromatic N) is 1. The highest BCUT2D eigenvalue weighted by atomic mass is 79.9. The molecule has 0 unspecified atom stereocenters. The number of carbonyl (C=O) groups is 1. The van der Waals surface area contributed by atoms with Crippen molar-refractivity contribution in [2.75, 3.05) is 0 Å². The van der Waals surface area contributed by atoms with E-state index < -0.39 is 16.0 Å². The molecule has 0 amide bonds. The van der Waals surface area contributed by atoms with E-state index in [0.717, 1.165) is 0 Å². The lowest BCUT2D eigenvalue weighted by Gasteiger charge is -2.09. The number of rotatable bonds is 5. The van der Waals surface area contributed by atoms with Gasteiger partial charge in [0.2, 0.25) is 0 Å². The molecule has 0 saturated heterocycles. The van der Waals surface area contributed by atoms with Crippen LogP contribution in [0.15, 0.2) is 50.9 Å². The second-order valence-corrected chi connectivity index (χ2v) is 7.70. The number of phenols is 2. The summed E-state index contributed by atoms with van der Waals surface area (Å²) in [7, 11) is -3.98. The number of halogens is 1. The number of carbonyl (C=O) groups excluding carboxylic acids is 1. The van der Waals surface area contributed by atoms with E-state index >= 15 is 0 Å². The Morgan fingerprint density at radius 1 is 1.15 bits per heavy atom. The van der Waals surface area contributed by atoms with E-state index in [2.05, 4.69) is 21.0 Å². The highest BCUT2D eigenvalue weighted by Gasteiger charge is 2.15. The smallest absolute Gasteiger partial charge is 0.308 e. The van der Waals surface area contributed by atoms with Gasteiger partial charge in [0, 0.05) is 12.5 Å². The van der Waals surface area contributed by atoms with Crippen molar-refractivity contribution in [1.82, 2.24) is 4.83 Å². The predicted molar refractivity (Wildman–Crippen MR) is 97.8 cm³/mol. The third kappa shape index (κ3) is 4.73. The number of nitrogens with one attached hydrogen (secondary N) is 1. The van der Waals surface area contributed by atoms with Gasteiger partial charge in [-0.2, -0.15) is 18.4 Å². The SMILES string of the molecule is CC(=O)Oc1ccc(S(=O)(=O)N/N=C(\C)c2cc(O)cc(Br)c2O)cc1. The fourth-order valence-corrected chi connectivity index (χ4v) is 3.26. The van der Waals surface area contributed by atoms with Crippen LogP contribution in [0.2, 0.25) is 0 Å². The molecule has 0 aliphatic heterocycles. The molecular formula is C16H15BrN2O6S. The van der Waals surface area contributed by atoms with Gasteiger partial charge in [-0.3, -0.25) is 4.79 Å². The number of esters is 1. The molecular weight excluding hydrogens is 428 g/mol. The predicted octanol–water partition coefficient (Wildman–Crippen LogP) is 2.49. The monoisotopic (exact) mass is 442 g/mol. The topological polar surface area (TPSA) is 125 Å². The van der Waals surface area contributed by atoms with Crippen LogP contribution < -0.4 is 9.57 Å². The summed E-state index contributed by atoms with van der Waals surface area (Å²) in [5.74, 6) is -0.612. The molecule has 0 spiro atoms. The van der Waals surface area contributed by atoms with E-state index in [4.69, 9.17) is 4.74 Å². The van der Waals surface area contributed by atoms with Crippen molar-refractivity contribution in [1.29, 1.82) is 0 Å². The van der Waals surface area contributed by atoms with Gasteiger partial charge in [-0.1, -0.05) is 0 Å². The van der Waals surface area contributed by atoms with Crippen LogP contribution in [0.4, 0.5) is 0 Å². The van der Waals surface area contributed by atoms with Crippen molar-refractivity contribution in [3.63, 3.8) is 0 Å². The molecule has 0 saturated carbocycles. The normalized spacial score (nSPS) is 11.9. The Kier molecular flexibility index (Phi) is 5.88. The average Bonchev–Trinajstić information content (AvgIpc) is 2.56. The molecule has 0 heterocycles. The van der Waals surface area contributed by atoms with Gasteiger partial charge >= 0.3 is 5.97 Å². The zero-order chi connectivity index (χ0) is 19.5. The van der Waals surface area contributed by atoms with Crippen molar-refractivity contribution in [2.45, 2.75) is 18.7 Å². The molecule has 0 aliphatic carbocycles. The summed E-state index contributed by atoms with van der Waals surface area (Å²) < 4.78 is 29.6. The van der Waals surface area contributed by atoms with Gasteiger partial charge in [-0.15, -0.1) is 0 Å². The summed E-state index contributed by atoms with van der Waals surface area (Å²) in [6.45, 7) is 2.70. The van der Waals surface area contributed by atoms with Gasteiger partial charge in [0.25, 0.3) is 10.0 Å². The van der Waals surface area contributed by atoms with Crippen molar-refractivity contribution in [3.8, 4) is 17.2 Å². The molecule has 0 aliphatic rings. The Morgan fingerprint density at radius 2 is 1.77 bits per heavy atom. The fourth-order valence-electron chi connectivity index (χ4n) is 1.95. The largest absolute Gasteiger partial charge is 0.508 e. The molecule has 0 radical (unpaired) electrons. The third-order valence-electron chi connectivity index (χ3n) is 3.17. The third-order valence-corrected chi connectivity index (χ3v) is 5.00. The van der Waals surface area contributed by atoms with E-state index in [1.807, 2.05) is 4.83 Å². The van der Waals surface area contributed by atoms with Gasteiger partial charge in [0.15, 0.2) is 0 Å². The number of hydrogen-bond acceptors (Lipinski definition) is 7. The Morgan fingerprint density at radius 3 is 2.35 bits per heavy atom. The van der Waals surface area contributed by atoms with Crippen LogP contribution in [0.1, 0.15) is 19.4 Å². The van der Waals surface area contributed by atoms with E-state index in [1.54, 1.807) is 0 Å². The maximum atomic E-state index is 12.3. The molecule has 0 aromatic heterocycles. The molecule has 2 aromatic carbocycles. The van der Waals surface area contributed by atoms with E-state index in [9.17, 15) is 23.4 Å². The lowest BCUT2D eigenvalue weighted by molar-refractivity contribution is -0.131. The molecule has 10 heteroatoms. The van der Waals surface area contributed by atoms with Crippen LogP contribution in [-0.2, 0) is 14.8 Å². The van der Waals surface area contributed by atoms with Crippen molar-refractivity contribution in [3.05, 3.63) is 46.4 Å². The lowest BCUT2D eigenvalue weighted by atomic mass is 10.1. The van der Waals surface area contributed by atoms with E-state index in [0.29, 0.717) is 0 Å². The van der Waals surface area contributed by atoms with Crippen LogP contribution in [0.3, 0.4) is 0 Å². The van der Waals surface area contributed by atoms with Gasteiger partial charge in [-0.25, -0.2) is 0 Å². The number of benzene rings is 2. The van der Waals surface area contributed by atoms with Crippen LogP contribution in [0, 0.1) is 0 Å². The second-order valence-electron chi connectivity index (χ2n) is 5.18. The minimum absolute atomic E-state index is 0.0914. The van der Waals surface area contributed by atoms with Crippen LogP contribution in [0.25, 0.3) is 0 Å². The summed E-state index contributed by atoms with van der Waals surface area (Å²) >= 11 is 3.08. The summed E-state index contributed by atoms with van der Waals surface area (Å²) in [6, 6.07) is 7.74. The van der Waals surface area contributed by atoms with Gasteiger partial charge < -0.3 is 14.9 Å².